The van der Waals surface area contributed by atoms with Gasteiger partial charge in [-0.15, -0.1) is 0 Å². The van der Waals surface area contributed by atoms with Gasteiger partial charge in [-0.25, -0.2) is 4.39 Å². The average molecular weight is 299 g/mol. The lowest BCUT2D eigenvalue weighted by atomic mass is 9.83. The Bertz CT molecular complexity index is 470. The van der Waals surface area contributed by atoms with E-state index in [0.717, 1.165) is 6.42 Å². The van der Waals surface area contributed by atoms with Gasteiger partial charge >= 0.3 is 0 Å². The first-order valence-electron chi connectivity index (χ1n) is 5.59. The maximum absolute atomic E-state index is 13.6. The van der Waals surface area contributed by atoms with Gasteiger partial charge in [0, 0.05) is 23.2 Å². The summed E-state index contributed by atoms with van der Waals surface area (Å²) in [6.07, 6.45) is 2.22. The van der Waals surface area contributed by atoms with Gasteiger partial charge in [-0.3, -0.25) is 9.59 Å². The molecular weight excluding hydrogens is 287 g/mol. The minimum atomic E-state index is -0.526. The average Bonchev–Trinajstić information content (AvgIpc) is 2.28. The van der Waals surface area contributed by atoms with Crippen LogP contribution in [0.15, 0.2) is 22.7 Å². The number of rotatable bonds is 2. The molecule has 4 heteroatoms. The molecule has 0 radical (unpaired) electrons. The summed E-state index contributed by atoms with van der Waals surface area (Å²) in [5.74, 6) is -1.01. The van der Waals surface area contributed by atoms with Crippen LogP contribution in [0, 0.1) is 11.7 Å². The van der Waals surface area contributed by atoms with Crippen molar-refractivity contribution in [2.75, 3.05) is 0 Å². The molecule has 0 aliphatic heterocycles. The van der Waals surface area contributed by atoms with Crippen LogP contribution in [0.3, 0.4) is 0 Å². The molecule has 1 aliphatic carbocycles. The minimum absolute atomic E-state index is 0.0906. The molecule has 0 saturated heterocycles. The van der Waals surface area contributed by atoms with Gasteiger partial charge in [-0.1, -0.05) is 15.9 Å². The highest BCUT2D eigenvalue weighted by molar-refractivity contribution is 9.10. The van der Waals surface area contributed by atoms with Crippen molar-refractivity contribution in [2.45, 2.75) is 25.7 Å². The Hall–Kier alpha value is -1.03. The second-order valence-corrected chi connectivity index (χ2v) is 5.24. The van der Waals surface area contributed by atoms with Gasteiger partial charge in [0.25, 0.3) is 0 Å². The van der Waals surface area contributed by atoms with E-state index < -0.39 is 5.82 Å². The molecule has 0 aromatic heterocycles. The van der Waals surface area contributed by atoms with Crippen molar-refractivity contribution < 1.29 is 14.0 Å². The third-order valence-electron chi connectivity index (χ3n) is 3.05. The number of hydrogen-bond acceptors (Lipinski definition) is 2. The van der Waals surface area contributed by atoms with E-state index >= 15 is 0 Å². The van der Waals surface area contributed by atoms with E-state index in [1.54, 1.807) is 6.07 Å². The molecule has 1 atom stereocenters. The molecule has 1 saturated carbocycles. The number of ketones is 2. The van der Waals surface area contributed by atoms with Crippen LogP contribution in [0.1, 0.15) is 36.0 Å². The van der Waals surface area contributed by atoms with E-state index in [4.69, 9.17) is 0 Å². The second kappa shape index (κ2) is 5.08. The van der Waals surface area contributed by atoms with Crippen LogP contribution >= 0.6 is 15.9 Å². The summed E-state index contributed by atoms with van der Waals surface area (Å²) in [4.78, 5) is 23.4. The Morgan fingerprint density at radius 2 is 2.18 bits per heavy atom. The van der Waals surface area contributed by atoms with Crippen molar-refractivity contribution in [1.29, 1.82) is 0 Å². The molecule has 0 amide bonds. The molecule has 0 N–H and O–H groups in total. The lowest BCUT2D eigenvalue weighted by molar-refractivity contribution is -0.121. The molecule has 0 spiro atoms. The van der Waals surface area contributed by atoms with Crippen LogP contribution in [-0.2, 0) is 4.79 Å². The first-order valence-corrected chi connectivity index (χ1v) is 6.38. The number of hydrogen-bond donors (Lipinski definition) is 0. The molecule has 17 heavy (non-hydrogen) atoms. The number of halogens is 2. The zero-order valence-electron chi connectivity index (χ0n) is 9.21. The SMILES string of the molecule is O=C1CCCC(C(=O)c2ccc(Br)cc2F)C1. The highest BCUT2D eigenvalue weighted by Gasteiger charge is 2.27. The molecule has 1 unspecified atom stereocenters. The molecule has 1 aliphatic rings. The van der Waals surface area contributed by atoms with E-state index in [1.165, 1.54) is 12.1 Å². The fraction of sp³-hybridized carbons (Fsp3) is 0.385. The quantitative estimate of drug-likeness (QED) is 0.783. The predicted molar refractivity (Wildman–Crippen MR) is 65.4 cm³/mol. The third-order valence-corrected chi connectivity index (χ3v) is 3.54. The van der Waals surface area contributed by atoms with Gasteiger partial charge in [-0.2, -0.15) is 0 Å². The van der Waals surface area contributed by atoms with E-state index in [0.29, 0.717) is 17.3 Å². The summed E-state index contributed by atoms with van der Waals surface area (Å²) in [6.45, 7) is 0. The summed E-state index contributed by atoms with van der Waals surface area (Å²) in [5, 5.41) is 0. The molecule has 0 bridgehead atoms. The molecule has 1 aromatic rings. The van der Waals surface area contributed by atoms with Crippen molar-refractivity contribution in [3.8, 4) is 0 Å². The maximum atomic E-state index is 13.6. The van der Waals surface area contributed by atoms with Crippen LogP contribution in [0.25, 0.3) is 0 Å². The smallest absolute Gasteiger partial charge is 0.169 e. The van der Waals surface area contributed by atoms with Crippen molar-refractivity contribution in [1.82, 2.24) is 0 Å². The van der Waals surface area contributed by atoms with Crippen LogP contribution in [-0.4, -0.2) is 11.6 Å². The first-order chi connectivity index (χ1) is 8.08. The molecule has 90 valence electrons. The van der Waals surface area contributed by atoms with E-state index in [2.05, 4.69) is 15.9 Å². The van der Waals surface area contributed by atoms with Crippen molar-refractivity contribution in [2.24, 2.45) is 5.92 Å². The molecule has 2 rings (SSSR count). The van der Waals surface area contributed by atoms with Crippen LogP contribution < -0.4 is 0 Å². The van der Waals surface area contributed by atoms with Crippen LogP contribution in [0.5, 0.6) is 0 Å². The molecule has 2 nitrogen and oxygen atoms in total. The number of carbonyl (C=O) groups excluding carboxylic acids is 2. The van der Waals surface area contributed by atoms with Crippen molar-refractivity contribution >= 4 is 27.5 Å². The molecule has 0 heterocycles. The van der Waals surface area contributed by atoms with Gasteiger partial charge in [0.15, 0.2) is 5.78 Å². The van der Waals surface area contributed by atoms with E-state index in [-0.39, 0.29) is 29.5 Å². The Morgan fingerprint density at radius 1 is 1.41 bits per heavy atom. The monoisotopic (exact) mass is 298 g/mol. The van der Waals surface area contributed by atoms with Gasteiger partial charge in [0.1, 0.15) is 11.6 Å². The fourth-order valence-corrected chi connectivity index (χ4v) is 2.49. The van der Waals surface area contributed by atoms with E-state index in [1.807, 2.05) is 0 Å². The number of carbonyl (C=O) groups is 2. The summed E-state index contributed by atoms with van der Waals surface area (Å²) in [5.41, 5.74) is 0.0906. The highest BCUT2D eigenvalue weighted by atomic mass is 79.9. The third kappa shape index (κ3) is 2.80. The van der Waals surface area contributed by atoms with Crippen molar-refractivity contribution in [3.05, 3.63) is 34.1 Å². The van der Waals surface area contributed by atoms with Gasteiger partial charge in [0.05, 0.1) is 5.56 Å². The zero-order valence-corrected chi connectivity index (χ0v) is 10.8. The summed E-state index contributed by atoms with van der Waals surface area (Å²) in [7, 11) is 0. The minimum Gasteiger partial charge on any atom is -0.300 e. The summed E-state index contributed by atoms with van der Waals surface area (Å²) < 4.78 is 14.2. The van der Waals surface area contributed by atoms with Gasteiger partial charge < -0.3 is 0 Å². The lowest BCUT2D eigenvalue weighted by Gasteiger charge is -2.19. The summed E-state index contributed by atoms with van der Waals surface area (Å²) >= 11 is 3.15. The van der Waals surface area contributed by atoms with Crippen molar-refractivity contribution in [3.63, 3.8) is 0 Å². The Labute approximate surface area is 107 Å². The molecular formula is C13H12BrFO2. The Kier molecular flexibility index (Phi) is 3.72. The number of benzene rings is 1. The Balaban J connectivity index is 2.21. The van der Waals surface area contributed by atoms with E-state index in [9.17, 15) is 14.0 Å². The van der Waals surface area contributed by atoms with Crippen LogP contribution in [0.2, 0.25) is 0 Å². The lowest BCUT2D eigenvalue weighted by Crippen LogP contribution is -2.23. The second-order valence-electron chi connectivity index (χ2n) is 4.32. The Morgan fingerprint density at radius 3 is 2.82 bits per heavy atom. The predicted octanol–water partition coefficient (Wildman–Crippen LogP) is 3.53. The normalized spacial score (nSPS) is 20.4. The summed E-state index contributed by atoms with van der Waals surface area (Å²) in [6, 6.07) is 4.39. The fourth-order valence-electron chi connectivity index (χ4n) is 2.16. The zero-order chi connectivity index (χ0) is 12.4. The molecule has 1 aromatic carbocycles. The van der Waals surface area contributed by atoms with Gasteiger partial charge in [0.2, 0.25) is 0 Å². The largest absolute Gasteiger partial charge is 0.300 e. The molecule has 1 fully saturated rings. The van der Waals surface area contributed by atoms with Gasteiger partial charge in [-0.05, 0) is 31.0 Å². The van der Waals surface area contributed by atoms with Crippen LogP contribution in [0.4, 0.5) is 4.39 Å². The maximum Gasteiger partial charge on any atom is 0.169 e. The topological polar surface area (TPSA) is 34.1 Å². The first kappa shape index (κ1) is 12.4. The number of Topliss-reactive ketones (excluding diaryl/α,β-unsaturated/α-hetero) is 2. The highest BCUT2D eigenvalue weighted by Crippen LogP contribution is 2.26. The standard InChI is InChI=1S/C13H12BrFO2/c14-9-4-5-11(12(15)7-9)13(17)8-2-1-3-10(16)6-8/h4-5,7-8H,1-3,6H2.